The van der Waals surface area contributed by atoms with Crippen LogP contribution in [0.3, 0.4) is 0 Å². The van der Waals surface area contributed by atoms with E-state index in [2.05, 4.69) is 92.7 Å². The summed E-state index contributed by atoms with van der Waals surface area (Å²) in [6.45, 7) is 5.21. The second kappa shape index (κ2) is 13.6. The number of hydrogen-bond acceptors (Lipinski definition) is 4. The third-order valence-corrected chi connectivity index (χ3v) is 8.02. The van der Waals surface area contributed by atoms with Crippen molar-refractivity contribution in [3.05, 3.63) is 136 Å². The van der Waals surface area contributed by atoms with E-state index in [-0.39, 0.29) is 12.0 Å². The predicted molar refractivity (Wildman–Crippen MR) is 167 cm³/mol. The fourth-order valence-corrected chi connectivity index (χ4v) is 5.46. The lowest BCUT2D eigenvalue weighted by Crippen LogP contribution is -2.24. The van der Waals surface area contributed by atoms with Gasteiger partial charge in [-0.3, -0.25) is 0 Å². The van der Waals surface area contributed by atoms with E-state index in [9.17, 15) is 9.90 Å². The minimum absolute atomic E-state index is 0.230. The first-order chi connectivity index (χ1) is 20.5. The fourth-order valence-electron chi connectivity index (χ4n) is 5.46. The van der Waals surface area contributed by atoms with E-state index in [1.165, 1.54) is 29.4 Å². The normalized spacial score (nSPS) is 15.3. The smallest absolute Gasteiger partial charge is 0.333 e. The molecule has 1 aliphatic carbocycles. The van der Waals surface area contributed by atoms with Crippen LogP contribution in [0, 0.1) is 0 Å². The van der Waals surface area contributed by atoms with Crippen LogP contribution >= 0.6 is 0 Å². The molecule has 0 saturated heterocycles. The van der Waals surface area contributed by atoms with Crippen molar-refractivity contribution in [1.29, 1.82) is 0 Å². The lowest BCUT2D eigenvalue weighted by molar-refractivity contribution is -0.148. The molecular formula is C37H38O5. The summed E-state index contributed by atoms with van der Waals surface area (Å²) < 4.78 is 17.7. The molecule has 0 fully saturated rings. The molecule has 5 heteroatoms. The summed E-state index contributed by atoms with van der Waals surface area (Å²) in [7, 11) is 1.41. The van der Waals surface area contributed by atoms with Crippen molar-refractivity contribution in [3.63, 3.8) is 0 Å². The number of aryl methyl sites for hydroxylation is 1. The molecule has 3 unspecified atom stereocenters. The van der Waals surface area contributed by atoms with E-state index in [0.29, 0.717) is 25.4 Å². The third-order valence-electron chi connectivity index (χ3n) is 8.02. The highest BCUT2D eigenvalue weighted by atomic mass is 16.5. The number of hydrogen-bond donors (Lipinski definition) is 1. The van der Waals surface area contributed by atoms with Crippen molar-refractivity contribution in [3.8, 4) is 5.75 Å². The van der Waals surface area contributed by atoms with Crippen molar-refractivity contribution < 1.29 is 24.1 Å². The molecule has 0 aromatic heterocycles. The van der Waals surface area contributed by atoms with Gasteiger partial charge in [0.2, 0.25) is 0 Å². The Hall–Kier alpha value is -4.19. The molecular weight excluding hydrogens is 524 g/mol. The monoisotopic (exact) mass is 562 g/mol. The van der Waals surface area contributed by atoms with Crippen LogP contribution in [0.2, 0.25) is 0 Å². The minimum atomic E-state index is -0.973. The van der Waals surface area contributed by atoms with Gasteiger partial charge in [-0.25, -0.2) is 4.79 Å². The maximum Gasteiger partial charge on any atom is 0.333 e. The van der Waals surface area contributed by atoms with Crippen LogP contribution in [0.4, 0.5) is 0 Å². The highest BCUT2D eigenvalue weighted by Gasteiger charge is 2.24. The molecule has 0 heterocycles. The maximum atomic E-state index is 11.3. The fraction of sp³-hybridized carbons (Fsp3) is 0.270. The number of benzene rings is 4. The van der Waals surface area contributed by atoms with E-state index in [4.69, 9.17) is 14.2 Å². The molecule has 3 atom stereocenters. The van der Waals surface area contributed by atoms with Gasteiger partial charge in [0, 0.05) is 19.4 Å². The first kappa shape index (κ1) is 29.3. The van der Waals surface area contributed by atoms with E-state index in [1.54, 1.807) is 0 Å². The summed E-state index contributed by atoms with van der Waals surface area (Å²) in [5.41, 5.74) is 9.36. The Balaban J connectivity index is 1.33. The number of methoxy groups -OCH3 is 1. The lowest BCUT2D eigenvalue weighted by Gasteiger charge is -2.23. The van der Waals surface area contributed by atoms with Gasteiger partial charge in [-0.05, 0) is 63.1 Å². The molecule has 4 aromatic carbocycles. The number of fused-ring (bicyclic) bond motifs is 2. The summed E-state index contributed by atoms with van der Waals surface area (Å²) in [6.07, 6.45) is 4.58. The molecule has 0 bridgehead atoms. The van der Waals surface area contributed by atoms with Crippen molar-refractivity contribution in [2.45, 2.75) is 44.8 Å². The van der Waals surface area contributed by atoms with Crippen LogP contribution in [0.5, 0.6) is 5.75 Å². The Kier molecular flexibility index (Phi) is 9.52. The van der Waals surface area contributed by atoms with Crippen LogP contribution in [0.25, 0.3) is 12.2 Å². The first-order valence-electron chi connectivity index (χ1n) is 14.6. The van der Waals surface area contributed by atoms with Gasteiger partial charge in [0.25, 0.3) is 0 Å². The van der Waals surface area contributed by atoms with Crippen LogP contribution in [-0.2, 0) is 27.1 Å². The van der Waals surface area contributed by atoms with E-state index >= 15 is 0 Å². The molecule has 4 aromatic rings. The first-order valence-corrected chi connectivity index (χ1v) is 14.6. The second-order valence-electron chi connectivity index (χ2n) is 10.7. The Morgan fingerprint density at radius 3 is 2.26 bits per heavy atom. The van der Waals surface area contributed by atoms with Crippen molar-refractivity contribution in [2.24, 2.45) is 0 Å². The van der Waals surface area contributed by atoms with E-state index < -0.39 is 12.1 Å². The topological polar surface area (TPSA) is 65.0 Å². The number of rotatable bonds is 12. The van der Waals surface area contributed by atoms with Gasteiger partial charge >= 0.3 is 5.97 Å². The molecule has 0 spiro atoms. The molecule has 1 aliphatic rings. The number of aliphatic carboxylic acids is 1. The van der Waals surface area contributed by atoms with Crippen LogP contribution in [-0.4, -0.2) is 37.5 Å². The summed E-state index contributed by atoms with van der Waals surface area (Å²) in [6, 6.07) is 31.4. The van der Waals surface area contributed by atoms with Crippen molar-refractivity contribution in [2.75, 3.05) is 20.3 Å². The second-order valence-corrected chi connectivity index (χ2v) is 10.7. The molecule has 0 aliphatic heterocycles. The molecule has 0 saturated carbocycles. The summed E-state index contributed by atoms with van der Waals surface area (Å²) in [4.78, 5) is 11.3. The Morgan fingerprint density at radius 2 is 1.55 bits per heavy atom. The lowest BCUT2D eigenvalue weighted by atomic mass is 9.88. The predicted octanol–water partition coefficient (Wildman–Crippen LogP) is 7.71. The molecule has 5 nitrogen and oxygen atoms in total. The minimum Gasteiger partial charge on any atom is -0.491 e. The molecule has 5 rings (SSSR count). The Morgan fingerprint density at radius 1 is 0.810 bits per heavy atom. The highest BCUT2D eigenvalue weighted by molar-refractivity contribution is 5.77. The van der Waals surface area contributed by atoms with Crippen LogP contribution < -0.4 is 4.74 Å². The van der Waals surface area contributed by atoms with Gasteiger partial charge in [-0.2, -0.15) is 0 Å². The number of carboxylic acid groups (broad SMARTS) is 1. The summed E-state index contributed by atoms with van der Waals surface area (Å²) in [5.74, 6) is -0.00627. The molecule has 42 heavy (non-hydrogen) atoms. The number of carbonyl (C=O) groups is 1. The zero-order valence-electron chi connectivity index (χ0n) is 24.5. The molecule has 216 valence electrons. The Labute approximate surface area is 248 Å². The zero-order valence-corrected chi connectivity index (χ0v) is 24.5. The standard InChI is InChI=1S/C37H38O5/c1-4-26-12-19-33-31(22-26)16-14-29-13-15-30(25(2)28-8-6-5-7-9-28)24-34(29)36(33)42-21-20-41-32-17-10-27(11-18-32)23-35(40-3)37(38)39/h5-19,22,24-25,35-36H,4,20-21,23H2,1-3H3,(H,38,39). The highest BCUT2D eigenvalue weighted by Crippen LogP contribution is 2.38. The van der Waals surface area contributed by atoms with Gasteiger partial charge < -0.3 is 19.3 Å². The van der Waals surface area contributed by atoms with Crippen LogP contribution in [0.1, 0.15) is 70.4 Å². The van der Waals surface area contributed by atoms with E-state index in [0.717, 1.165) is 28.7 Å². The van der Waals surface area contributed by atoms with Crippen molar-refractivity contribution >= 4 is 18.1 Å². The molecule has 0 amide bonds. The van der Waals surface area contributed by atoms with Gasteiger partial charge in [0.05, 0.1) is 6.61 Å². The molecule has 0 radical (unpaired) electrons. The Bertz CT molecular complexity index is 1520. The molecule has 1 N–H and O–H groups in total. The van der Waals surface area contributed by atoms with E-state index in [1.807, 2.05) is 24.3 Å². The van der Waals surface area contributed by atoms with Crippen LogP contribution in [0.15, 0.2) is 91.0 Å². The average Bonchev–Trinajstić information content (AvgIpc) is 3.18. The van der Waals surface area contributed by atoms with Gasteiger partial charge in [-0.15, -0.1) is 0 Å². The largest absolute Gasteiger partial charge is 0.491 e. The van der Waals surface area contributed by atoms with Crippen molar-refractivity contribution in [1.82, 2.24) is 0 Å². The SMILES string of the molecule is CCc1ccc2c(c1)C=Cc1ccc(C(C)c3ccccc3)cc1C2OCCOc1ccc(CC(OC)C(=O)O)cc1. The third kappa shape index (κ3) is 6.81. The maximum absolute atomic E-state index is 11.3. The number of ether oxygens (including phenoxy) is 3. The van der Waals surface area contributed by atoms with Gasteiger partial charge in [-0.1, -0.05) is 105 Å². The zero-order chi connectivity index (χ0) is 29.5. The summed E-state index contributed by atoms with van der Waals surface area (Å²) >= 11 is 0. The average molecular weight is 563 g/mol. The quantitative estimate of drug-likeness (QED) is 0.179. The van der Waals surface area contributed by atoms with Gasteiger partial charge in [0.15, 0.2) is 6.10 Å². The van der Waals surface area contributed by atoms with Gasteiger partial charge in [0.1, 0.15) is 18.5 Å². The summed E-state index contributed by atoms with van der Waals surface area (Å²) in [5, 5.41) is 9.23. The number of carboxylic acids is 1.